The molecule has 2 fully saturated rings. The third kappa shape index (κ3) is 6.43. The molecule has 156 valence electrons. The fourth-order valence-corrected chi connectivity index (χ4v) is 4.35. The number of hydrogen-bond donors (Lipinski definition) is 1. The summed E-state index contributed by atoms with van der Waals surface area (Å²) in [6.07, 6.45) is 5.29. The van der Waals surface area contributed by atoms with Gasteiger partial charge in [0.15, 0.2) is 0 Å². The van der Waals surface area contributed by atoms with Gasteiger partial charge in [0.2, 0.25) is 5.91 Å². The highest BCUT2D eigenvalue weighted by Crippen LogP contribution is 2.22. The molecule has 6 heteroatoms. The standard InChI is InChI=1S/C22H33ClFN3O/c1-17-5-11-26(12-6-17)10-2-9-25-22(28)18-7-13-27(14-8-18)16-19-3-4-20(23)15-21(19)24/h3-4,15,17-18H,2,5-14,16H2,1H3,(H,25,28). The van der Waals surface area contributed by atoms with Crippen LogP contribution in [0.15, 0.2) is 18.2 Å². The maximum atomic E-state index is 14.0. The normalized spacial score (nSPS) is 20.4. The Balaban J connectivity index is 1.31. The van der Waals surface area contributed by atoms with Crippen LogP contribution in [0.25, 0.3) is 0 Å². The van der Waals surface area contributed by atoms with E-state index in [4.69, 9.17) is 11.6 Å². The molecule has 0 aromatic heterocycles. The first-order valence-corrected chi connectivity index (χ1v) is 11.1. The van der Waals surface area contributed by atoms with E-state index in [9.17, 15) is 9.18 Å². The molecule has 2 heterocycles. The van der Waals surface area contributed by atoms with Gasteiger partial charge in [0, 0.05) is 29.6 Å². The number of rotatable bonds is 7. The lowest BCUT2D eigenvalue weighted by Gasteiger charge is -2.31. The Kier molecular flexibility index (Phi) is 8.12. The van der Waals surface area contributed by atoms with Gasteiger partial charge in [-0.15, -0.1) is 0 Å². The molecule has 0 spiro atoms. The van der Waals surface area contributed by atoms with Gasteiger partial charge >= 0.3 is 0 Å². The highest BCUT2D eigenvalue weighted by Gasteiger charge is 2.25. The lowest BCUT2D eigenvalue weighted by atomic mass is 9.95. The molecule has 0 radical (unpaired) electrons. The monoisotopic (exact) mass is 409 g/mol. The fraction of sp³-hybridized carbons (Fsp3) is 0.682. The van der Waals surface area contributed by atoms with Crippen molar-refractivity contribution >= 4 is 17.5 Å². The van der Waals surface area contributed by atoms with Crippen LogP contribution < -0.4 is 5.32 Å². The predicted octanol–water partition coefficient (Wildman–Crippen LogP) is 3.93. The zero-order valence-electron chi connectivity index (χ0n) is 16.9. The average molecular weight is 410 g/mol. The second kappa shape index (κ2) is 10.6. The average Bonchev–Trinajstić information content (AvgIpc) is 2.69. The SMILES string of the molecule is CC1CCN(CCCNC(=O)C2CCN(Cc3ccc(Cl)cc3F)CC2)CC1. The van der Waals surface area contributed by atoms with Gasteiger partial charge in [-0.1, -0.05) is 24.6 Å². The number of nitrogens with zero attached hydrogens (tertiary/aromatic N) is 2. The third-order valence-electron chi connectivity index (χ3n) is 6.19. The summed E-state index contributed by atoms with van der Waals surface area (Å²) in [5.74, 6) is 0.875. The Bertz CT molecular complexity index is 641. The van der Waals surface area contributed by atoms with Gasteiger partial charge in [0.05, 0.1) is 0 Å². The molecule has 4 nitrogen and oxygen atoms in total. The number of amides is 1. The van der Waals surface area contributed by atoms with Crippen molar-refractivity contribution in [1.29, 1.82) is 0 Å². The van der Waals surface area contributed by atoms with Crippen molar-refractivity contribution in [2.75, 3.05) is 39.3 Å². The van der Waals surface area contributed by atoms with E-state index in [0.29, 0.717) is 17.1 Å². The minimum Gasteiger partial charge on any atom is -0.356 e. The van der Waals surface area contributed by atoms with Crippen molar-refractivity contribution < 1.29 is 9.18 Å². The second-order valence-electron chi connectivity index (χ2n) is 8.45. The van der Waals surface area contributed by atoms with Crippen LogP contribution in [0.2, 0.25) is 5.02 Å². The number of likely N-dealkylation sites (tertiary alicyclic amines) is 2. The van der Waals surface area contributed by atoms with E-state index in [2.05, 4.69) is 22.0 Å². The summed E-state index contributed by atoms with van der Waals surface area (Å²) in [7, 11) is 0. The number of nitrogens with one attached hydrogen (secondary N) is 1. The Labute approximate surface area is 173 Å². The van der Waals surface area contributed by atoms with E-state index >= 15 is 0 Å². The topological polar surface area (TPSA) is 35.6 Å². The smallest absolute Gasteiger partial charge is 0.223 e. The number of carbonyl (C=O) groups is 1. The minimum atomic E-state index is -0.254. The zero-order valence-corrected chi connectivity index (χ0v) is 17.7. The summed E-state index contributed by atoms with van der Waals surface area (Å²) < 4.78 is 14.0. The fourth-order valence-electron chi connectivity index (χ4n) is 4.19. The molecule has 0 unspecified atom stereocenters. The molecule has 0 atom stereocenters. The molecule has 2 aliphatic rings. The molecule has 0 saturated carbocycles. The first-order valence-electron chi connectivity index (χ1n) is 10.7. The van der Waals surface area contributed by atoms with Crippen LogP contribution >= 0.6 is 11.6 Å². The maximum Gasteiger partial charge on any atom is 0.223 e. The molecular formula is C22H33ClFN3O. The van der Waals surface area contributed by atoms with Crippen LogP contribution in [0.3, 0.4) is 0 Å². The largest absolute Gasteiger partial charge is 0.356 e. The van der Waals surface area contributed by atoms with Gasteiger partial charge in [-0.05, 0) is 82.9 Å². The van der Waals surface area contributed by atoms with E-state index in [1.165, 1.54) is 32.0 Å². The van der Waals surface area contributed by atoms with Crippen LogP contribution in [0.5, 0.6) is 0 Å². The highest BCUT2D eigenvalue weighted by molar-refractivity contribution is 6.30. The summed E-state index contributed by atoms with van der Waals surface area (Å²) >= 11 is 5.81. The molecule has 28 heavy (non-hydrogen) atoms. The molecule has 1 aromatic rings. The van der Waals surface area contributed by atoms with Crippen LogP contribution in [0, 0.1) is 17.7 Å². The zero-order chi connectivity index (χ0) is 19.9. The number of carbonyl (C=O) groups excluding carboxylic acids is 1. The van der Waals surface area contributed by atoms with Crippen molar-refractivity contribution in [2.24, 2.45) is 11.8 Å². The van der Waals surface area contributed by atoms with Crippen molar-refractivity contribution in [1.82, 2.24) is 15.1 Å². The van der Waals surface area contributed by atoms with Crippen LogP contribution in [-0.2, 0) is 11.3 Å². The first kappa shape index (κ1) is 21.5. The molecule has 1 aromatic carbocycles. The summed E-state index contributed by atoms with van der Waals surface area (Å²) in [6.45, 7) is 8.79. The third-order valence-corrected chi connectivity index (χ3v) is 6.43. The Morgan fingerprint density at radius 2 is 1.82 bits per heavy atom. The summed E-state index contributed by atoms with van der Waals surface area (Å²) in [6, 6.07) is 4.84. The van der Waals surface area contributed by atoms with Crippen molar-refractivity contribution in [3.63, 3.8) is 0 Å². The van der Waals surface area contributed by atoms with Gasteiger partial charge in [-0.25, -0.2) is 4.39 Å². The van der Waals surface area contributed by atoms with Crippen molar-refractivity contribution in [2.45, 2.75) is 45.6 Å². The van der Waals surface area contributed by atoms with Gasteiger partial charge in [-0.2, -0.15) is 0 Å². The Morgan fingerprint density at radius 1 is 1.14 bits per heavy atom. The lowest BCUT2D eigenvalue weighted by Crippen LogP contribution is -2.41. The number of halogens is 2. The van der Waals surface area contributed by atoms with Crippen LogP contribution in [-0.4, -0.2) is 55.0 Å². The van der Waals surface area contributed by atoms with Gasteiger partial charge in [-0.3, -0.25) is 9.69 Å². The quantitative estimate of drug-likeness (QED) is 0.693. The first-order chi connectivity index (χ1) is 13.5. The molecule has 3 rings (SSSR count). The number of piperidine rings is 2. The highest BCUT2D eigenvalue weighted by atomic mass is 35.5. The molecule has 0 aliphatic carbocycles. The number of benzene rings is 1. The molecule has 0 bridgehead atoms. The van der Waals surface area contributed by atoms with Gasteiger partial charge < -0.3 is 10.2 Å². The predicted molar refractivity (Wildman–Crippen MR) is 112 cm³/mol. The van der Waals surface area contributed by atoms with Crippen molar-refractivity contribution in [3.05, 3.63) is 34.6 Å². The molecule has 1 amide bonds. The Hall–Kier alpha value is -1.17. The minimum absolute atomic E-state index is 0.0853. The summed E-state index contributed by atoms with van der Waals surface area (Å²) in [5.41, 5.74) is 0.666. The molecule has 2 aliphatic heterocycles. The Morgan fingerprint density at radius 3 is 2.50 bits per heavy atom. The van der Waals surface area contributed by atoms with Crippen LogP contribution in [0.1, 0.15) is 44.6 Å². The molecule has 1 N–H and O–H groups in total. The van der Waals surface area contributed by atoms with Gasteiger partial charge in [0.1, 0.15) is 5.82 Å². The second-order valence-corrected chi connectivity index (χ2v) is 8.89. The lowest BCUT2D eigenvalue weighted by molar-refractivity contribution is -0.126. The molecular weight excluding hydrogens is 377 g/mol. The maximum absolute atomic E-state index is 14.0. The molecule has 2 saturated heterocycles. The number of hydrogen-bond acceptors (Lipinski definition) is 3. The van der Waals surface area contributed by atoms with E-state index in [1.807, 2.05) is 0 Å². The van der Waals surface area contributed by atoms with E-state index in [0.717, 1.165) is 51.4 Å². The van der Waals surface area contributed by atoms with E-state index in [-0.39, 0.29) is 17.6 Å². The summed E-state index contributed by atoms with van der Waals surface area (Å²) in [5, 5.41) is 3.54. The van der Waals surface area contributed by atoms with Crippen molar-refractivity contribution in [3.8, 4) is 0 Å². The van der Waals surface area contributed by atoms with E-state index < -0.39 is 0 Å². The van der Waals surface area contributed by atoms with Gasteiger partial charge in [0.25, 0.3) is 0 Å². The van der Waals surface area contributed by atoms with Crippen LogP contribution in [0.4, 0.5) is 4.39 Å². The summed E-state index contributed by atoms with van der Waals surface area (Å²) in [4.78, 5) is 17.2. The van der Waals surface area contributed by atoms with E-state index in [1.54, 1.807) is 12.1 Å².